The topological polar surface area (TPSA) is 41.8 Å². The van der Waals surface area contributed by atoms with Gasteiger partial charge in [0, 0.05) is 17.4 Å². The molecule has 0 spiro atoms. The third-order valence-corrected chi connectivity index (χ3v) is 2.88. The number of hydrogen-bond donors (Lipinski definition) is 2. The lowest BCUT2D eigenvalue weighted by atomic mass is 9.88. The van der Waals surface area contributed by atoms with E-state index < -0.39 is 0 Å². The van der Waals surface area contributed by atoms with Gasteiger partial charge in [0.15, 0.2) is 0 Å². The first-order valence-electron chi connectivity index (χ1n) is 5.07. The molecule has 0 aromatic carbocycles. The van der Waals surface area contributed by atoms with E-state index in [0.717, 1.165) is 0 Å². The van der Waals surface area contributed by atoms with Gasteiger partial charge < -0.3 is 10.7 Å². The first-order valence-corrected chi connectivity index (χ1v) is 5.07. The fraction of sp³-hybridized carbons (Fsp3) is 0.636. The van der Waals surface area contributed by atoms with Gasteiger partial charge in [-0.1, -0.05) is 0 Å². The second kappa shape index (κ2) is 2.88. The second-order valence-corrected chi connectivity index (χ2v) is 4.59. The Bertz CT molecular complexity index is 304. The summed E-state index contributed by atoms with van der Waals surface area (Å²) < 4.78 is 0. The van der Waals surface area contributed by atoms with Crippen molar-refractivity contribution >= 4 is 0 Å². The molecule has 0 unspecified atom stereocenters. The molecule has 1 aliphatic rings. The Morgan fingerprint density at radius 2 is 2.00 bits per heavy atom. The Hall–Kier alpha value is -0.760. The van der Waals surface area contributed by atoms with Gasteiger partial charge in [-0.3, -0.25) is 0 Å². The summed E-state index contributed by atoms with van der Waals surface area (Å²) in [6.07, 6.45) is 7.13. The summed E-state index contributed by atoms with van der Waals surface area (Å²) in [4.78, 5) is 3.35. The van der Waals surface area contributed by atoms with E-state index in [1.54, 1.807) is 0 Å². The minimum absolute atomic E-state index is 0.193. The Kier molecular flexibility index (Phi) is 1.95. The molecule has 0 amide bonds. The molecule has 0 saturated heterocycles. The van der Waals surface area contributed by atoms with Gasteiger partial charge in [-0.05, 0) is 50.7 Å². The zero-order chi connectivity index (χ0) is 9.47. The van der Waals surface area contributed by atoms with Gasteiger partial charge in [-0.2, -0.15) is 0 Å². The zero-order valence-electron chi connectivity index (χ0n) is 8.48. The maximum absolute atomic E-state index is 6.11. The number of rotatable bonds is 1. The number of aromatic nitrogens is 1. The molecule has 72 valence electrons. The van der Waals surface area contributed by atoms with Gasteiger partial charge in [0.05, 0.1) is 0 Å². The minimum Gasteiger partial charge on any atom is -0.364 e. The van der Waals surface area contributed by atoms with Crippen molar-refractivity contribution in [2.75, 3.05) is 0 Å². The molecular weight excluding hydrogens is 160 g/mol. The van der Waals surface area contributed by atoms with Gasteiger partial charge in [0.1, 0.15) is 0 Å². The lowest BCUT2D eigenvalue weighted by molar-refractivity contribution is 0.543. The third-order valence-electron chi connectivity index (χ3n) is 2.88. The predicted molar refractivity (Wildman–Crippen MR) is 54.6 cm³/mol. The number of aryl methyl sites for hydroxylation is 1. The Morgan fingerprint density at radius 3 is 2.69 bits per heavy atom. The summed E-state index contributed by atoms with van der Waals surface area (Å²) in [5, 5.41) is 0. The maximum atomic E-state index is 6.11. The second-order valence-electron chi connectivity index (χ2n) is 4.59. The Morgan fingerprint density at radius 1 is 1.31 bits per heavy atom. The minimum atomic E-state index is -0.193. The predicted octanol–water partition coefficient (Wildman–Crippen LogP) is 2.09. The Labute approximate surface area is 79.5 Å². The summed E-state index contributed by atoms with van der Waals surface area (Å²) in [6, 6.07) is 0. The van der Waals surface area contributed by atoms with E-state index in [0.29, 0.717) is 0 Å². The average molecular weight is 178 g/mol. The number of H-pyrrole nitrogens is 1. The lowest BCUT2D eigenvalue weighted by Gasteiger charge is -2.21. The maximum Gasteiger partial charge on any atom is 0.0370 e. The van der Waals surface area contributed by atoms with Crippen molar-refractivity contribution in [1.82, 2.24) is 4.98 Å². The quantitative estimate of drug-likeness (QED) is 0.679. The number of nitrogens with two attached hydrogens (primary N) is 1. The zero-order valence-corrected chi connectivity index (χ0v) is 8.48. The SMILES string of the molecule is CC(C)(N)c1c[nH]c2c1CCCC2. The first-order chi connectivity index (χ1) is 6.09. The Balaban J connectivity index is 2.43. The molecule has 0 atom stereocenters. The van der Waals surface area contributed by atoms with Crippen LogP contribution in [0.5, 0.6) is 0 Å². The molecule has 2 heteroatoms. The molecule has 2 nitrogen and oxygen atoms in total. The summed E-state index contributed by atoms with van der Waals surface area (Å²) >= 11 is 0. The van der Waals surface area contributed by atoms with Crippen LogP contribution in [-0.2, 0) is 18.4 Å². The summed E-state index contributed by atoms with van der Waals surface area (Å²) in [5.41, 5.74) is 10.1. The van der Waals surface area contributed by atoms with Crippen LogP contribution in [0.2, 0.25) is 0 Å². The molecule has 0 radical (unpaired) electrons. The van der Waals surface area contributed by atoms with Gasteiger partial charge >= 0.3 is 0 Å². The van der Waals surface area contributed by atoms with Crippen LogP contribution in [0.3, 0.4) is 0 Å². The molecule has 0 fully saturated rings. The van der Waals surface area contributed by atoms with Crippen molar-refractivity contribution in [3.63, 3.8) is 0 Å². The fourth-order valence-corrected chi connectivity index (χ4v) is 2.18. The molecule has 13 heavy (non-hydrogen) atoms. The number of aromatic amines is 1. The van der Waals surface area contributed by atoms with Crippen molar-refractivity contribution in [2.24, 2.45) is 5.73 Å². The van der Waals surface area contributed by atoms with Gasteiger partial charge in [-0.15, -0.1) is 0 Å². The molecule has 3 N–H and O–H groups in total. The van der Waals surface area contributed by atoms with Crippen LogP contribution < -0.4 is 5.73 Å². The average Bonchev–Trinajstić information content (AvgIpc) is 2.45. The number of fused-ring (bicyclic) bond motifs is 1. The lowest BCUT2D eigenvalue weighted by Crippen LogP contribution is -2.29. The molecule has 1 aromatic heterocycles. The smallest absolute Gasteiger partial charge is 0.0370 e. The van der Waals surface area contributed by atoms with E-state index in [9.17, 15) is 0 Å². The highest BCUT2D eigenvalue weighted by molar-refractivity contribution is 5.37. The van der Waals surface area contributed by atoms with Gasteiger partial charge in [-0.25, -0.2) is 0 Å². The van der Waals surface area contributed by atoms with Gasteiger partial charge in [0.2, 0.25) is 0 Å². The van der Waals surface area contributed by atoms with Crippen molar-refractivity contribution in [3.8, 4) is 0 Å². The monoisotopic (exact) mass is 178 g/mol. The molecule has 1 aliphatic carbocycles. The van der Waals surface area contributed by atoms with E-state index in [1.165, 1.54) is 42.5 Å². The van der Waals surface area contributed by atoms with Gasteiger partial charge in [0.25, 0.3) is 0 Å². The van der Waals surface area contributed by atoms with Crippen molar-refractivity contribution in [2.45, 2.75) is 45.1 Å². The standard InChI is InChI=1S/C11H18N2/c1-11(2,12)9-7-13-10-6-4-3-5-8(9)10/h7,13H,3-6,12H2,1-2H3. The fourth-order valence-electron chi connectivity index (χ4n) is 2.18. The molecule has 0 bridgehead atoms. The van der Waals surface area contributed by atoms with Crippen LogP contribution >= 0.6 is 0 Å². The van der Waals surface area contributed by atoms with Crippen molar-refractivity contribution in [1.29, 1.82) is 0 Å². The van der Waals surface area contributed by atoms with E-state index in [-0.39, 0.29) is 5.54 Å². The number of hydrogen-bond acceptors (Lipinski definition) is 1. The van der Waals surface area contributed by atoms with E-state index >= 15 is 0 Å². The first kappa shape index (κ1) is 8.82. The third kappa shape index (κ3) is 1.51. The van der Waals surface area contributed by atoms with Crippen LogP contribution in [0.1, 0.15) is 43.5 Å². The van der Waals surface area contributed by atoms with E-state index in [2.05, 4.69) is 25.0 Å². The summed E-state index contributed by atoms with van der Waals surface area (Å²) in [5.74, 6) is 0. The van der Waals surface area contributed by atoms with Crippen LogP contribution in [0.25, 0.3) is 0 Å². The van der Waals surface area contributed by atoms with Crippen molar-refractivity contribution in [3.05, 3.63) is 23.0 Å². The van der Waals surface area contributed by atoms with Crippen LogP contribution in [0.15, 0.2) is 6.20 Å². The summed E-state index contributed by atoms with van der Waals surface area (Å²) in [7, 11) is 0. The van der Waals surface area contributed by atoms with E-state index in [4.69, 9.17) is 5.73 Å². The molecular formula is C11H18N2. The molecule has 0 saturated carbocycles. The highest BCUT2D eigenvalue weighted by Gasteiger charge is 2.23. The highest BCUT2D eigenvalue weighted by atomic mass is 14.8. The van der Waals surface area contributed by atoms with Crippen LogP contribution in [0, 0.1) is 0 Å². The molecule has 0 aliphatic heterocycles. The van der Waals surface area contributed by atoms with Crippen molar-refractivity contribution < 1.29 is 0 Å². The van der Waals surface area contributed by atoms with E-state index in [1.807, 2.05) is 0 Å². The molecule has 2 rings (SSSR count). The molecule has 1 aromatic rings. The largest absolute Gasteiger partial charge is 0.364 e. The van der Waals surface area contributed by atoms with Crippen LogP contribution in [-0.4, -0.2) is 4.98 Å². The normalized spacial score (nSPS) is 17.2. The highest BCUT2D eigenvalue weighted by Crippen LogP contribution is 2.29. The molecule has 1 heterocycles. The van der Waals surface area contributed by atoms with Crippen LogP contribution in [0.4, 0.5) is 0 Å². The number of nitrogens with one attached hydrogen (secondary N) is 1. The summed E-state index contributed by atoms with van der Waals surface area (Å²) in [6.45, 7) is 4.15.